The van der Waals surface area contributed by atoms with Crippen molar-refractivity contribution in [2.24, 2.45) is 11.4 Å². The van der Waals surface area contributed by atoms with Gasteiger partial charge < -0.3 is 10.1 Å². The molecule has 0 aliphatic rings. The Bertz CT molecular complexity index is 1680. The molecule has 0 radical (unpaired) electrons. The molecule has 0 spiro atoms. The summed E-state index contributed by atoms with van der Waals surface area (Å²) in [5.74, 6) is -1.61. The fraction of sp³-hybridized carbons (Fsp3) is 0.148. The van der Waals surface area contributed by atoms with Crippen LogP contribution in [0, 0.1) is 6.92 Å². The third kappa shape index (κ3) is 5.84. The van der Waals surface area contributed by atoms with Gasteiger partial charge in [0.05, 0.1) is 33.7 Å². The van der Waals surface area contributed by atoms with Gasteiger partial charge in [-0.3, -0.25) is 19.3 Å². The van der Waals surface area contributed by atoms with Gasteiger partial charge in [-0.15, -0.1) is 0 Å². The van der Waals surface area contributed by atoms with Crippen LogP contribution in [0.2, 0.25) is 0 Å². The average molecular weight is 532 g/mol. The molecule has 38 heavy (non-hydrogen) atoms. The van der Waals surface area contributed by atoms with Crippen molar-refractivity contribution >= 4 is 33.2 Å². The molecule has 0 saturated heterocycles. The number of hydrogen-bond donors (Lipinski definition) is 1. The Morgan fingerprint density at radius 1 is 0.974 bits per heavy atom. The van der Waals surface area contributed by atoms with E-state index in [1.165, 1.54) is 42.4 Å². The molecule has 2 aromatic carbocycles. The van der Waals surface area contributed by atoms with Gasteiger partial charge in [-0.2, -0.15) is 9.46 Å². The van der Waals surface area contributed by atoms with E-state index < -0.39 is 21.6 Å². The van der Waals surface area contributed by atoms with Crippen LogP contribution in [0.25, 0.3) is 11.1 Å². The standard InChI is InChI=1S/C27H25N5O5S/c1-17-11-24(32(2)30-17)26(34)29-22-9-5-7-18(13-22)20-12-21(16-28-15-20)25(33)31-38(4,36)23-10-6-8-19(14-23)27(35)37-3/h5-16H,1-4H3,(H,29,34). The zero-order valence-corrected chi connectivity index (χ0v) is 22.0. The van der Waals surface area contributed by atoms with Crippen LogP contribution < -0.4 is 5.32 Å². The van der Waals surface area contributed by atoms with Crippen molar-refractivity contribution in [2.75, 3.05) is 18.7 Å². The Morgan fingerprint density at radius 2 is 1.74 bits per heavy atom. The Kier molecular flexibility index (Phi) is 7.49. The number of ether oxygens (including phenoxy) is 1. The molecular formula is C27H25N5O5S. The minimum atomic E-state index is -3.16. The van der Waals surface area contributed by atoms with Crippen LogP contribution in [-0.2, 0) is 21.5 Å². The molecule has 194 valence electrons. The molecule has 2 amide bonds. The SMILES string of the molecule is COC(=O)c1cccc(S(C)(=O)=NC(=O)c2cncc(-c3cccc(NC(=O)c4cc(C)nn4C)c3)c2)c1. The van der Waals surface area contributed by atoms with Crippen LogP contribution in [0.4, 0.5) is 5.69 Å². The third-order valence-corrected chi connectivity index (χ3v) is 7.27. The Balaban J connectivity index is 1.59. The topological polar surface area (TPSA) is 133 Å². The van der Waals surface area contributed by atoms with Gasteiger partial charge in [-0.25, -0.2) is 9.00 Å². The number of hydrogen-bond acceptors (Lipinski definition) is 7. The van der Waals surface area contributed by atoms with Gasteiger partial charge in [-0.1, -0.05) is 18.2 Å². The quantitative estimate of drug-likeness (QED) is 0.370. The molecule has 4 rings (SSSR count). The molecule has 1 N–H and O–H groups in total. The second-order valence-electron chi connectivity index (χ2n) is 8.51. The predicted molar refractivity (Wildman–Crippen MR) is 142 cm³/mol. The maximum atomic E-state index is 13.3. The molecular weight excluding hydrogens is 506 g/mol. The number of benzene rings is 2. The van der Waals surface area contributed by atoms with Crippen LogP contribution in [0.3, 0.4) is 0 Å². The van der Waals surface area contributed by atoms with Gasteiger partial charge in [0.1, 0.15) is 5.69 Å². The molecule has 2 aromatic heterocycles. The Morgan fingerprint density at radius 3 is 2.45 bits per heavy atom. The van der Waals surface area contributed by atoms with E-state index in [0.717, 1.165) is 5.69 Å². The highest BCUT2D eigenvalue weighted by Gasteiger charge is 2.16. The molecule has 0 saturated carbocycles. The van der Waals surface area contributed by atoms with E-state index in [-0.39, 0.29) is 21.9 Å². The zero-order chi connectivity index (χ0) is 27.4. The van der Waals surface area contributed by atoms with Crippen LogP contribution >= 0.6 is 0 Å². The van der Waals surface area contributed by atoms with Gasteiger partial charge in [0.2, 0.25) is 0 Å². The largest absolute Gasteiger partial charge is 0.465 e. The van der Waals surface area contributed by atoms with Crippen LogP contribution in [-0.4, -0.2) is 50.1 Å². The number of amides is 2. The van der Waals surface area contributed by atoms with Crippen LogP contribution in [0.5, 0.6) is 0 Å². The molecule has 10 nitrogen and oxygen atoms in total. The number of esters is 1. The summed E-state index contributed by atoms with van der Waals surface area (Å²) in [4.78, 5) is 41.8. The highest BCUT2D eigenvalue weighted by atomic mass is 32.2. The summed E-state index contributed by atoms with van der Waals surface area (Å²) in [6.07, 6.45) is 4.24. The molecule has 0 aliphatic heterocycles. The molecule has 1 atom stereocenters. The summed E-state index contributed by atoms with van der Waals surface area (Å²) in [6, 6.07) is 16.4. The van der Waals surface area contributed by atoms with Crippen molar-refractivity contribution in [2.45, 2.75) is 11.8 Å². The predicted octanol–water partition coefficient (Wildman–Crippen LogP) is 4.13. The smallest absolute Gasteiger partial charge is 0.337 e. The summed E-state index contributed by atoms with van der Waals surface area (Å²) in [7, 11) is -0.219. The summed E-state index contributed by atoms with van der Waals surface area (Å²) in [5.41, 5.74) is 3.36. The normalized spacial score (nSPS) is 12.3. The monoisotopic (exact) mass is 531 g/mol. The zero-order valence-electron chi connectivity index (χ0n) is 21.2. The Hall–Kier alpha value is -4.64. The van der Waals surface area contributed by atoms with E-state index in [1.807, 2.05) is 6.07 Å². The molecule has 2 heterocycles. The lowest BCUT2D eigenvalue weighted by molar-refractivity contribution is 0.0600. The highest BCUT2D eigenvalue weighted by molar-refractivity contribution is 7.93. The molecule has 4 aromatic rings. The van der Waals surface area contributed by atoms with E-state index in [9.17, 15) is 18.6 Å². The van der Waals surface area contributed by atoms with E-state index in [4.69, 9.17) is 4.74 Å². The molecule has 0 aliphatic carbocycles. The molecule has 1 unspecified atom stereocenters. The van der Waals surface area contributed by atoms with E-state index in [2.05, 4.69) is 19.8 Å². The van der Waals surface area contributed by atoms with E-state index in [0.29, 0.717) is 22.5 Å². The average Bonchev–Trinajstić information content (AvgIpc) is 3.26. The van der Waals surface area contributed by atoms with Crippen molar-refractivity contribution in [3.8, 4) is 11.1 Å². The number of pyridine rings is 1. The number of nitrogens with one attached hydrogen (secondary N) is 1. The minimum Gasteiger partial charge on any atom is -0.465 e. The number of aryl methyl sites for hydroxylation is 2. The van der Waals surface area contributed by atoms with E-state index in [1.54, 1.807) is 56.6 Å². The van der Waals surface area contributed by atoms with Crippen molar-refractivity contribution in [3.05, 3.63) is 95.6 Å². The highest BCUT2D eigenvalue weighted by Crippen LogP contribution is 2.24. The maximum absolute atomic E-state index is 13.3. The summed E-state index contributed by atoms with van der Waals surface area (Å²) in [6.45, 7) is 1.81. The fourth-order valence-electron chi connectivity index (χ4n) is 3.75. The second kappa shape index (κ2) is 10.8. The lowest BCUT2D eigenvalue weighted by Gasteiger charge is -2.09. The van der Waals surface area contributed by atoms with Gasteiger partial charge in [0, 0.05) is 41.8 Å². The van der Waals surface area contributed by atoms with Gasteiger partial charge in [-0.05, 0) is 55.0 Å². The summed E-state index contributed by atoms with van der Waals surface area (Å²) in [5, 5.41) is 7.04. The van der Waals surface area contributed by atoms with Crippen molar-refractivity contribution in [1.29, 1.82) is 0 Å². The number of aromatic nitrogens is 3. The molecule has 0 fully saturated rings. The van der Waals surface area contributed by atoms with Gasteiger partial charge >= 0.3 is 5.97 Å². The second-order valence-corrected chi connectivity index (χ2v) is 10.8. The minimum absolute atomic E-state index is 0.140. The van der Waals surface area contributed by atoms with Gasteiger partial charge in [0.15, 0.2) is 0 Å². The van der Waals surface area contributed by atoms with Crippen molar-refractivity contribution < 1.29 is 23.3 Å². The molecule has 0 bridgehead atoms. The number of carbonyl (C=O) groups is 3. The Labute approximate surface area is 219 Å². The first-order valence-electron chi connectivity index (χ1n) is 11.4. The van der Waals surface area contributed by atoms with E-state index >= 15 is 0 Å². The molecule has 11 heteroatoms. The first kappa shape index (κ1) is 26.4. The van der Waals surface area contributed by atoms with Crippen LogP contribution in [0.1, 0.15) is 36.9 Å². The maximum Gasteiger partial charge on any atom is 0.337 e. The number of carbonyl (C=O) groups excluding carboxylic acids is 3. The van der Waals surface area contributed by atoms with Crippen molar-refractivity contribution in [3.63, 3.8) is 0 Å². The van der Waals surface area contributed by atoms with Crippen LogP contribution in [0.15, 0.2) is 82.3 Å². The summed E-state index contributed by atoms with van der Waals surface area (Å²) < 4.78 is 23.4. The number of anilines is 1. The first-order valence-corrected chi connectivity index (χ1v) is 13.3. The number of methoxy groups -OCH3 is 1. The lowest BCUT2D eigenvalue weighted by Crippen LogP contribution is -2.16. The number of rotatable bonds is 6. The fourth-order valence-corrected chi connectivity index (χ4v) is 4.95. The third-order valence-electron chi connectivity index (χ3n) is 5.62. The lowest BCUT2D eigenvalue weighted by atomic mass is 10.1. The van der Waals surface area contributed by atoms with Crippen molar-refractivity contribution in [1.82, 2.24) is 14.8 Å². The summed E-state index contributed by atoms with van der Waals surface area (Å²) >= 11 is 0. The van der Waals surface area contributed by atoms with Gasteiger partial charge in [0.25, 0.3) is 11.8 Å². The number of nitrogens with zero attached hydrogens (tertiary/aromatic N) is 4. The first-order chi connectivity index (χ1) is 18.1.